The van der Waals surface area contributed by atoms with Crippen LogP contribution in [-0.2, 0) is 0 Å². The maximum atomic E-state index is 12.4. The van der Waals surface area contributed by atoms with Crippen molar-refractivity contribution < 1.29 is 5.11 Å². The van der Waals surface area contributed by atoms with Crippen molar-refractivity contribution in [2.75, 3.05) is 23.3 Å². The summed E-state index contributed by atoms with van der Waals surface area (Å²) < 4.78 is 3.14. The summed E-state index contributed by atoms with van der Waals surface area (Å²) in [4.78, 5) is 14.7. The Balaban J connectivity index is 1.35. The molecule has 4 heterocycles. The van der Waals surface area contributed by atoms with Gasteiger partial charge in [-0.1, -0.05) is 0 Å². The van der Waals surface area contributed by atoms with E-state index >= 15 is 0 Å². The first-order valence-electron chi connectivity index (χ1n) is 10.6. The van der Waals surface area contributed by atoms with Crippen molar-refractivity contribution in [3.63, 3.8) is 0 Å². The Morgan fingerprint density at radius 3 is 2.87 bits per heavy atom. The van der Waals surface area contributed by atoms with Gasteiger partial charge >= 0.3 is 0 Å². The number of aromatic nitrogens is 6. The molecule has 10 heteroatoms. The topological polar surface area (TPSA) is 113 Å². The number of anilines is 2. The summed E-state index contributed by atoms with van der Waals surface area (Å²) in [5.74, 6) is 1.56. The zero-order chi connectivity index (χ0) is 20.5. The van der Waals surface area contributed by atoms with Crippen LogP contribution in [0.5, 0.6) is 0 Å². The summed E-state index contributed by atoms with van der Waals surface area (Å²) in [6, 6.07) is 7.18. The maximum Gasteiger partial charge on any atom is 0.267 e. The van der Waals surface area contributed by atoms with E-state index in [0.29, 0.717) is 12.2 Å². The third kappa shape index (κ3) is 3.62. The molecule has 10 nitrogen and oxygen atoms in total. The van der Waals surface area contributed by atoms with Crippen molar-refractivity contribution in [3.8, 4) is 0 Å². The second-order valence-corrected chi connectivity index (χ2v) is 8.12. The van der Waals surface area contributed by atoms with Gasteiger partial charge in [-0.05, 0) is 56.7 Å². The van der Waals surface area contributed by atoms with Crippen molar-refractivity contribution >= 4 is 17.3 Å². The quantitative estimate of drug-likeness (QED) is 0.646. The van der Waals surface area contributed by atoms with Crippen molar-refractivity contribution in [1.82, 2.24) is 29.6 Å². The van der Waals surface area contributed by atoms with Crippen molar-refractivity contribution in [1.29, 1.82) is 0 Å². The van der Waals surface area contributed by atoms with Gasteiger partial charge in [-0.15, -0.1) is 15.3 Å². The molecule has 1 saturated heterocycles. The molecule has 1 saturated carbocycles. The van der Waals surface area contributed by atoms with Gasteiger partial charge in [-0.25, -0.2) is 4.68 Å². The van der Waals surface area contributed by atoms with Gasteiger partial charge < -0.3 is 15.3 Å². The lowest BCUT2D eigenvalue weighted by atomic mass is 10.0. The van der Waals surface area contributed by atoms with Crippen LogP contribution in [0.1, 0.15) is 44.6 Å². The summed E-state index contributed by atoms with van der Waals surface area (Å²) in [5, 5.41) is 30.7. The average molecular weight is 410 g/mol. The lowest BCUT2D eigenvalue weighted by Gasteiger charge is -2.37. The van der Waals surface area contributed by atoms with Crippen LogP contribution in [0.4, 0.5) is 11.6 Å². The van der Waals surface area contributed by atoms with Crippen LogP contribution >= 0.6 is 0 Å². The molecule has 1 aliphatic heterocycles. The molecule has 30 heavy (non-hydrogen) atoms. The Hall–Kier alpha value is -3.01. The molecule has 3 unspecified atom stereocenters. The summed E-state index contributed by atoms with van der Waals surface area (Å²) in [7, 11) is 0. The molecule has 0 radical (unpaired) electrons. The van der Waals surface area contributed by atoms with Crippen molar-refractivity contribution in [3.05, 3.63) is 40.9 Å². The molecule has 0 aromatic carbocycles. The highest BCUT2D eigenvalue weighted by atomic mass is 16.3. The Bertz CT molecular complexity index is 1080. The number of fused-ring (bicyclic) bond motifs is 1. The Kier molecular flexibility index (Phi) is 5.07. The van der Waals surface area contributed by atoms with E-state index in [9.17, 15) is 9.90 Å². The molecular weight excluding hydrogens is 384 g/mol. The number of rotatable bonds is 5. The summed E-state index contributed by atoms with van der Waals surface area (Å²) >= 11 is 0. The van der Waals surface area contributed by atoms with Crippen LogP contribution in [0.25, 0.3) is 5.65 Å². The third-order valence-electron chi connectivity index (χ3n) is 6.17. The Morgan fingerprint density at radius 2 is 2.00 bits per heavy atom. The standard InChI is InChI=1S/C20H26N8O2/c29-16-6-3-5-15(16)28-20(30)10-9-19(25-28)26-11-2-1-4-14(26)12-21-17-7-8-18-23-22-13-27(18)24-17/h7-10,13-16,29H,1-6,11-12H2,(H,21,24). The molecule has 3 atom stereocenters. The van der Waals surface area contributed by atoms with E-state index in [1.54, 1.807) is 23.0 Å². The fourth-order valence-electron chi connectivity index (χ4n) is 4.57. The minimum absolute atomic E-state index is 0.150. The van der Waals surface area contributed by atoms with E-state index in [-0.39, 0.29) is 17.6 Å². The molecule has 2 N–H and O–H groups in total. The van der Waals surface area contributed by atoms with Crippen LogP contribution in [0, 0.1) is 0 Å². The van der Waals surface area contributed by atoms with Crippen LogP contribution in [0.3, 0.4) is 0 Å². The minimum Gasteiger partial charge on any atom is -0.391 e. The number of aliphatic hydroxyl groups is 1. The minimum atomic E-state index is -0.497. The fourth-order valence-corrected chi connectivity index (χ4v) is 4.57. The highest BCUT2D eigenvalue weighted by molar-refractivity contribution is 5.44. The highest BCUT2D eigenvalue weighted by Gasteiger charge is 2.30. The Morgan fingerprint density at radius 1 is 1.07 bits per heavy atom. The van der Waals surface area contributed by atoms with Gasteiger partial charge in [-0.2, -0.15) is 9.61 Å². The largest absolute Gasteiger partial charge is 0.391 e. The first-order chi connectivity index (χ1) is 14.7. The van der Waals surface area contributed by atoms with Crippen LogP contribution < -0.4 is 15.8 Å². The third-order valence-corrected chi connectivity index (χ3v) is 6.17. The highest BCUT2D eigenvalue weighted by Crippen LogP contribution is 2.29. The number of aliphatic hydroxyl groups excluding tert-OH is 1. The van der Waals surface area contributed by atoms with Gasteiger partial charge in [0.2, 0.25) is 0 Å². The van der Waals surface area contributed by atoms with E-state index in [1.807, 2.05) is 12.1 Å². The first kappa shape index (κ1) is 19.0. The predicted molar refractivity (Wildman–Crippen MR) is 112 cm³/mol. The molecule has 3 aromatic rings. The van der Waals surface area contributed by atoms with Gasteiger partial charge in [0.05, 0.1) is 12.1 Å². The molecule has 1 aliphatic carbocycles. The van der Waals surface area contributed by atoms with Crippen molar-refractivity contribution in [2.24, 2.45) is 0 Å². The van der Waals surface area contributed by atoms with E-state index < -0.39 is 6.10 Å². The predicted octanol–water partition coefficient (Wildman–Crippen LogP) is 1.24. The number of hydrogen-bond donors (Lipinski definition) is 2. The number of piperidine rings is 1. The van der Waals surface area contributed by atoms with Gasteiger partial charge in [0.1, 0.15) is 18.0 Å². The fraction of sp³-hybridized carbons (Fsp3) is 0.550. The molecule has 0 amide bonds. The summed E-state index contributed by atoms with van der Waals surface area (Å²) in [6.45, 7) is 1.61. The lowest BCUT2D eigenvalue weighted by Crippen LogP contribution is -2.45. The van der Waals surface area contributed by atoms with E-state index in [1.165, 1.54) is 4.68 Å². The molecule has 0 spiro atoms. The van der Waals surface area contributed by atoms with Crippen molar-refractivity contribution in [2.45, 2.75) is 56.7 Å². The second kappa shape index (κ2) is 8.02. The normalized spacial score (nSPS) is 24.4. The van der Waals surface area contributed by atoms with Gasteiger partial charge in [0.15, 0.2) is 5.65 Å². The average Bonchev–Trinajstić information content (AvgIpc) is 3.41. The molecule has 2 aliphatic rings. The number of nitrogens with one attached hydrogen (secondary N) is 1. The molecule has 3 aromatic heterocycles. The first-order valence-corrected chi connectivity index (χ1v) is 10.6. The van der Waals surface area contributed by atoms with Crippen LogP contribution in [0.15, 0.2) is 35.4 Å². The van der Waals surface area contributed by atoms with Crippen LogP contribution in [-0.4, -0.2) is 59.9 Å². The Labute approximate surface area is 173 Å². The van der Waals surface area contributed by atoms with E-state index in [4.69, 9.17) is 0 Å². The van der Waals surface area contributed by atoms with E-state index in [0.717, 1.165) is 56.7 Å². The smallest absolute Gasteiger partial charge is 0.267 e. The van der Waals surface area contributed by atoms with E-state index in [2.05, 4.69) is 30.6 Å². The number of nitrogens with zero attached hydrogens (tertiary/aromatic N) is 7. The zero-order valence-electron chi connectivity index (χ0n) is 16.8. The molecule has 0 bridgehead atoms. The molecule has 2 fully saturated rings. The van der Waals surface area contributed by atoms with Crippen LogP contribution in [0.2, 0.25) is 0 Å². The maximum absolute atomic E-state index is 12.4. The summed E-state index contributed by atoms with van der Waals surface area (Å²) in [6.07, 6.45) is 6.80. The molecular formula is C20H26N8O2. The van der Waals surface area contributed by atoms with Gasteiger partial charge in [0, 0.05) is 25.2 Å². The SMILES string of the molecule is O=c1ccc(N2CCCCC2CNc2ccc3nncn3n2)nn1C1CCCC1O. The number of hydrogen-bond acceptors (Lipinski definition) is 8. The van der Waals surface area contributed by atoms with Gasteiger partial charge in [-0.3, -0.25) is 4.79 Å². The molecule has 158 valence electrons. The molecule has 5 rings (SSSR count). The second-order valence-electron chi connectivity index (χ2n) is 8.12. The van der Waals surface area contributed by atoms with Gasteiger partial charge in [0.25, 0.3) is 5.56 Å². The monoisotopic (exact) mass is 410 g/mol. The lowest BCUT2D eigenvalue weighted by molar-refractivity contribution is 0.127. The summed E-state index contributed by atoms with van der Waals surface area (Å²) in [5.41, 5.74) is 0.559. The zero-order valence-corrected chi connectivity index (χ0v) is 16.8.